The summed E-state index contributed by atoms with van der Waals surface area (Å²) >= 11 is 0. The molecule has 3 fully saturated rings. The maximum absolute atomic E-state index is 12.2. The molecule has 0 bridgehead atoms. The Bertz CT molecular complexity index is 667. The molecule has 2 N–H and O–H groups in total. The van der Waals surface area contributed by atoms with Crippen molar-refractivity contribution in [2.24, 2.45) is 28.6 Å². The van der Waals surface area contributed by atoms with Crippen LogP contribution in [0.5, 0.6) is 0 Å². The monoisotopic (exact) mass is 346 g/mol. The normalized spacial score (nSPS) is 52.0. The van der Waals surface area contributed by atoms with E-state index in [-0.39, 0.29) is 34.7 Å². The summed E-state index contributed by atoms with van der Waals surface area (Å²) in [6, 6.07) is 0. The van der Waals surface area contributed by atoms with Crippen molar-refractivity contribution in [2.45, 2.75) is 77.4 Å². The van der Waals surface area contributed by atoms with Gasteiger partial charge >= 0.3 is 0 Å². The van der Waals surface area contributed by atoms with Crippen LogP contribution in [0.25, 0.3) is 0 Å². The number of aliphatic hydroxyl groups excluding tert-OH is 1. The van der Waals surface area contributed by atoms with Crippen molar-refractivity contribution in [3.8, 4) is 0 Å². The van der Waals surface area contributed by atoms with E-state index in [1.54, 1.807) is 13.0 Å². The Kier molecular flexibility index (Phi) is 3.66. The zero-order valence-corrected chi connectivity index (χ0v) is 15.5. The molecule has 0 heterocycles. The Morgan fingerprint density at radius 3 is 2.56 bits per heavy atom. The van der Waals surface area contributed by atoms with Crippen molar-refractivity contribution < 1.29 is 19.8 Å². The highest BCUT2D eigenvalue weighted by molar-refractivity contribution is 5.92. The van der Waals surface area contributed by atoms with Crippen LogP contribution in [-0.2, 0) is 9.59 Å². The van der Waals surface area contributed by atoms with E-state index in [9.17, 15) is 19.8 Å². The molecule has 0 aromatic carbocycles. The van der Waals surface area contributed by atoms with E-state index in [1.165, 1.54) is 0 Å². The van der Waals surface area contributed by atoms with Crippen LogP contribution in [0.15, 0.2) is 11.6 Å². The van der Waals surface area contributed by atoms with Crippen LogP contribution < -0.4 is 0 Å². The largest absolute Gasteiger partial charge is 0.389 e. The fourth-order valence-corrected chi connectivity index (χ4v) is 7.19. The quantitative estimate of drug-likeness (QED) is 0.766. The van der Waals surface area contributed by atoms with Gasteiger partial charge in [-0.1, -0.05) is 13.8 Å². The number of aliphatic hydroxyl groups is 2. The van der Waals surface area contributed by atoms with Crippen molar-refractivity contribution >= 4 is 11.6 Å². The first kappa shape index (κ1) is 17.4. The molecule has 0 aliphatic heterocycles. The smallest absolute Gasteiger partial charge is 0.155 e. The van der Waals surface area contributed by atoms with Crippen molar-refractivity contribution in [3.63, 3.8) is 0 Å². The highest BCUT2D eigenvalue weighted by Crippen LogP contribution is 2.68. The number of hydrogen-bond acceptors (Lipinski definition) is 4. The molecule has 3 saturated carbocycles. The van der Waals surface area contributed by atoms with Crippen molar-refractivity contribution in [1.82, 2.24) is 0 Å². The van der Waals surface area contributed by atoms with Crippen molar-refractivity contribution in [3.05, 3.63) is 11.6 Å². The molecular weight excluding hydrogens is 316 g/mol. The third kappa shape index (κ3) is 2.07. The maximum Gasteiger partial charge on any atom is 0.155 e. The van der Waals surface area contributed by atoms with Gasteiger partial charge in [-0.3, -0.25) is 9.59 Å². The van der Waals surface area contributed by atoms with Crippen LogP contribution in [0.4, 0.5) is 0 Å². The van der Waals surface area contributed by atoms with Gasteiger partial charge in [0.25, 0.3) is 0 Å². The molecule has 7 atom stereocenters. The third-order valence-electron chi connectivity index (χ3n) is 8.66. The summed E-state index contributed by atoms with van der Waals surface area (Å²) in [7, 11) is 0. The Balaban J connectivity index is 1.77. The van der Waals surface area contributed by atoms with Crippen molar-refractivity contribution in [1.29, 1.82) is 0 Å². The van der Waals surface area contributed by atoms with Crippen LogP contribution >= 0.6 is 0 Å². The van der Waals surface area contributed by atoms with Crippen LogP contribution in [0.2, 0.25) is 0 Å². The number of hydrogen-bond donors (Lipinski definition) is 2. The highest BCUT2D eigenvalue weighted by atomic mass is 16.3. The van der Waals surface area contributed by atoms with E-state index in [0.29, 0.717) is 25.7 Å². The summed E-state index contributed by atoms with van der Waals surface area (Å²) in [6.45, 7) is 5.96. The zero-order valence-electron chi connectivity index (χ0n) is 15.5. The molecule has 0 amide bonds. The summed E-state index contributed by atoms with van der Waals surface area (Å²) in [5, 5.41) is 22.7. The van der Waals surface area contributed by atoms with Gasteiger partial charge in [0.15, 0.2) is 5.78 Å². The number of ketones is 2. The van der Waals surface area contributed by atoms with Gasteiger partial charge in [0.1, 0.15) is 5.78 Å². The number of Topliss-reactive ketones (excluding diaryl/α,β-unsaturated/α-hetero) is 1. The van der Waals surface area contributed by atoms with Gasteiger partial charge in [-0.2, -0.15) is 0 Å². The van der Waals surface area contributed by atoms with Gasteiger partial charge < -0.3 is 10.2 Å². The second-order valence-corrected chi connectivity index (χ2v) is 9.53. The fourth-order valence-electron chi connectivity index (χ4n) is 7.19. The molecule has 0 radical (unpaired) electrons. The minimum Gasteiger partial charge on any atom is -0.389 e. The number of carbonyl (C=O) groups is 2. The van der Waals surface area contributed by atoms with E-state index in [0.717, 1.165) is 24.8 Å². The molecule has 4 nitrogen and oxygen atoms in total. The Hall–Kier alpha value is -1.00. The van der Waals surface area contributed by atoms with Crippen LogP contribution in [0, 0.1) is 28.6 Å². The third-order valence-corrected chi connectivity index (χ3v) is 8.66. The molecule has 25 heavy (non-hydrogen) atoms. The molecule has 4 rings (SSSR count). The minimum absolute atomic E-state index is 0.000882. The zero-order chi connectivity index (χ0) is 18.2. The first-order chi connectivity index (χ1) is 11.6. The lowest BCUT2D eigenvalue weighted by atomic mass is 9.44. The van der Waals surface area contributed by atoms with Gasteiger partial charge in [-0.05, 0) is 74.3 Å². The van der Waals surface area contributed by atoms with Crippen LogP contribution in [0.3, 0.4) is 0 Å². The predicted molar refractivity (Wildman–Crippen MR) is 93.7 cm³/mol. The van der Waals surface area contributed by atoms with E-state index >= 15 is 0 Å². The molecular formula is C21H30O4. The highest BCUT2D eigenvalue weighted by Gasteiger charge is 2.67. The second kappa shape index (κ2) is 5.26. The molecule has 0 aromatic rings. The SMILES string of the molecule is CC(=O)[C@H]1CC[C@H]2[C@@H]3CC(O)C4=CC(=O)CC[C@]4(C)[C@@]3(O)CC[C@]12C. The standard InChI is InChI=1S/C21H30O4/c1-12(22)14-4-5-15-16-11-18(24)17-10-13(23)6-7-20(17,3)21(16,25)9-8-19(14,15)2/h10,14-16,18,24-25H,4-9,11H2,1-3H3/t14-,15+,16+,18?,19-,20+,21-/m1/s1. The second-order valence-electron chi connectivity index (χ2n) is 9.53. The summed E-state index contributed by atoms with van der Waals surface area (Å²) in [5.41, 5.74) is -0.731. The lowest BCUT2D eigenvalue weighted by Crippen LogP contribution is -2.65. The first-order valence-corrected chi connectivity index (χ1v) is 9.79. The van der Waals surface area contributed by atoms with Gasteiger partial charge in [0.05, 0.1) is 11.7 Å². The van der Waals surface area contributed by atoms with E-state index < -0.39 is 17.1 Å². The molecule has 1 unspecified atom stereocenters. The van der Waals surface area contributed by atoms with Crippen LogP contribution in [0.1, 0.15) is 65.7 Å². The van der Waals surface area contributed by atoms with Gasteiger partial charge in [0, 0.05) is 17.8 Å². The first-order valence-electron chi connectivity index (χ1n) is 9.79. The van der Waals surface area contributed by atoms with Gasteiger partial charge in [0.2, 0.25) is 0 Å². The number of fused-ring (bicyclic) bond motifs is 5. The minimum atomic E-state index is -0.880. The molecule has 4 heteroatoms. The number of rotatable bonds is 1. The molecule has 0 saturated heterocycles. The summed E-state index contributed by atoms with van der Waals surface area (Å²) in [4.78, 5) is 24.1. The average molecular weight is 346 g/mol. The lowest BCUT2D eigenvalue weighted by Gasteiger charge is -2.63. The summed E-state index contributed by atoms with van der Waals surface area (Å²) < 4.78 is 0. The Labute approximate surface area is 149 Å². The van der Waals surface area contributed by atoms with Gasteiger partial charge in [-0.25, -0.2) is 0 Å². The Morgan fingerprint density at radius 1 is 1.16 bits per heavy atom. The van der Waals surface area contributed by atoms with Crippen molar-refractivity contribution in [2.75, 3.05) is 0 Å². The van der Waals surface area contributed by atoms with E-state index in [4.69, 9.17) is 0 Å². The molecule has 138 valence electrons. The molecule has 0 aromatic heterocycles. The Morgan fingerprint density at radius 2 is 1.88 bits per heavy atom. The van der Waals surface area contributed by atoms with Gasteiger partial charge in [-0.15, -0.1) is 0 Å². The molecule has 4 aliphatic carbocycles. The van der Waals surface area contributed by atoms with E-state index in [1.807, 2.05) is 6.92 Å². The predicted octanol–water partition coefficient (Wildman–Crippen LogP) is 2.81. The topological polar surface area (TPSA) is 74.6 Å². The average Bonchev–Trinajstić information content (AvgIpc) is 2.89. The summed E-state index contributed by atoms with van der Waals surface area (Å²) in [6.07, 6.45) is 5.87. The summed E-state index contributed by atoms with van der Waals surface area (Å²) in [5.74, 6) is 0.678. The maximum atomic E-state index is 12.2. The molecule has 0 spiro atoms. The molecule has 4 aliphatic rings. The number of carbonyl (C=O) groups excluding carboxylic acids is 2. The van der Waals surface area contributed by atoms with Crippen LogP contribution in [-0.4, -0.2) is 33.5 Å². The van der Waals surface area contributed by atoms with E-state index in [2.05, 4.69) is 6.92 Å². The fraction of sp³-hybridized carbons (Fsp3) is 0.810. The lowest BCUT2D eigenvalue weighted by molar-refractivity contribution is -0.205.